The van der Waals surface area contributed by atoms with E-state index in [1.54, 1.807) is 7.11 Å². The Labute approximate surface area is 169 Å². The van der Waals surface area contributed by atoms with E-state index < -0.39 is 0 Å². The van der Waals surface area contributed by atoms with Crippen molar-refractivity contribution in [3.8, 4) is 22.9 Å². The number of aromatic nitrogens is 4. The number of likely N-dealkylation sites (N-methyl/N-ethyl adjacent to an activating group) is 1. The normalized spacial score (nSPS) is 18.0. The molecule has 0 fully saturated rings. The van der Waals surface area contributed by atoms with Gasteiger partial charge in [0.15, 0.2) is 17.3 Å². The Kier molecular flexibility index (Phi) is 4.16. The summed E-state index contributed by atoms with van der Waals surface area (Å²) in [6.45, 7) is 5.23. The highest BCUT2D eigenvalue weighted by molar-refractivity contribution is 5.62. The highest BCUT2D eigenvalue weighted by Crippen LogP contribution is 2.50. The molecule has 0 N–H and O–H groups in total. The van der Waals surface area contributed by atoms with E-state index in [9.17, 15) is 0 Å². The number of ether oxygens (including phenoxy) is 3. The first-order valence-electron chi connectivity index (χ1n) is 9.64. The van der Waals surface area contributed by atoms with Gasteiger partial charge >= 0.3 is 0 Å². The number of aryl methyl sites for hydroxylation is 2. The standard InChI is InChI=1S/C21H23N5O3/c1-12-5-6-15(13(2)9-12)26-21(22-23-24-26)18-17-14(7-8-25(18)3)10-16-19(20(17)27-4)29-11-28-16/h5-6,9-10,18H,7-8,11H2,1-4H3/t18-/m0/s1. The SMILES string of the molecule is COc1c2c(cc3c1[C@@H](c1nnnn1-c1ccc(C)cc1C)N(C)CC3)OCO2. The Morgan fingerprint density at radius 3 is 2.83 bits per heavy atom. The van der Waals surface area contributed by atoms with Crippen molar-refractivity contribution < 1.29 is 14.2 Å². The molecule has 5 rings (SSSR count). The molecule has 0 bridgehead atoms. The van der Waals surface area contributed by atoms with Crippen LogP contribution in [0.3, 0.4) is 0 Å². The fourth-order valence-electron chi connectivity index (χ4n) is 4.34. The van der Waals surface area contributed by atoms with Crippen molar-refractivity contribution in [3.63, 3.8) is 0 Å². The topological polar surface area (TPSA) is 74.5 Å². The van der Waals surface area contributed by atoms with Crippen molar-refractivity contribution >= 4 is 0 Å². The quantitative estimate of drug-likeness (QED) is 0.677. The van der Waals surface area contributed by atoms with Gasteiger partial charge in [0.25, 0.3) is 0 Å². The van der Waals surface area contributed by atoms with E-state index >= 15 is 0 Å². The average molecular weight is 393 g/mol. The summed E-state index contributed by atoms with van der Waals surface area (Å²) >= 11 is 0. The third-order valence-electron chi connectivity index (χ3n) is 5.71. The summed E-state index contributed by atoms with van der Waals surface area (Å²) in [5, 5.41) is 12.8. The van der Waals surface area contributed by atoms with Crippen LogP contribution in [0.2, 0.25) is 0 Å². The number of hydrogen-bond donors (Lipinski definition) is 0. The van der Waals surface area contributed by atoms with Crippen LogP contribution in [0.5, 0.6) is 17.2 Å². The first-order valence-corrected chi connectivity index (χ1v) is 9.64. The molecule has 2 aliphatic rings. The number of tetrazole rings is 1. The zero-order chi connectivity index (χ0) is 20.1. The molecule has 1 aromatic heterocycles. The third kappa shape index (κ3) is 2.74. The molecule has 0 spiro atoms. The van der Waals surface area contributed by atoms with Crippen LogP contribution in [-0.2, 0) is 6.42 Å². The third-order valence-corrected chi connectivity index (χ3v) is 5.71. The lowest BCUT2D eigenvalue weighted by Gasteiger charge is -2.34. The predicted octanol–water partition coefficient (Wildman–Crippen LogP) is 2.59. The maximum absolute atomic E-state index is 5.81. The zero-order valence-electron chi connectivity index (χ0n) is 17.0. The molecule has 8 nitrogen and oxygen atoms in total. The largest absolute Gasteiger partial charge is 0.492 e. The second kappa shape index (κ2) is 6.73. The van der Waals surface area contributed by atoms with Crippen molar-refractivity contribution in [1.29, 1.82) is 0 Å². The molecule has 3 aromatic rings. The minimum Gasteiger partial charge on any atom is -0.492 e. The van der Waals surface area contributed by atoms with Crippen molar-refractivity contribution in [2.24, 2.45) is 0 Å². The minimum atomic E-state index is -0.168. The van der Waals surface area contributed by atoms with Crippen molar-refractivity contribution in [2.45, 2.75) is 26.3 Å². The maximum atomic E-state index is 5.81. The lowest BCUT2D eigenvalue weighted by molar-refractivity contribution is 0.170. The van der Waals surface area contributed by atoms with Crippen LogP contribution in [0, 0.1) is 13.8 Å². The van der Waals surface area contributed by atoms with Crippen molar-refractivity contribution in [3.05, 3.63) is 52.3 Å². The van der Waals surface area contributed by atoms with Gasteiger partial charge in [0.05, 0.1) is 12.8 Å². The average Bonchev–Trinajstić information content (AvgIpc) is 3.36. The Bertz CT molecular complexity index is 1090. The lowest BCUT2D eigenvalue weighted by atomic mass is 9.90. The Balaban J connectivity index is 1.71. The van der Waals surface area contributed by atoms with Crippen molar-refractivity contribution in [2.75, 3.05) is 27.5 Å². The van der Waals surface area contributed by atoms with E-state index in [0.717, 1.165) is 41.4 Å². The van der Waals surface area contributed by atoms with E-state index in [4.69, 9.17) is 14.2 Å². The first kappa shape index (κ1) is 17.9. The van der Waals surface area contributed by atoms with Gasteiger partial charge < -0.3 is 14.2 Å². The fourth-order valence-corrected chi connectivity index (χ4v) is 4.34. The van der Waals surface area contributed by atoms with Crippen LogP contribution >= 0.6 is 0 Å². The van der Waals surface area contributed by atoms with E-state index in [-0.39, 0.29) is 12.8 Å². The maximum Gasteiger partial charge on any atom is 0.231 e. The highest BCUT2D eigenvalue weighted by Gasteiger charge is 2.37. The zero-order valence-corrected chi connectivity index (χ0v) is 17.0. The van der Waals surface area contributed by atoms with E-state index in [0.29, 0.717) is 11.5 Å². The second-order valence-corrected chi connectivity index (χ2v) is 7.59. The van der Waals surface area contributed by atoms with Crippen LogP contribution in [0.15, 0.2) is 24.3 Å². The van der Waals surface area contributed by atoms with Crippen LogP contribution in [0.25, 0.3) is 5.69 Å². The van der Waals surface area contributed by atoms with Gasteiger partial charge in [-0.05, 0) is 61.0 Å². The van der Waals surface area contributed by atoms with Gasteiger partial charge in [0.2, 0.25) is 12.5 Å². The van der Waals surface area contributed by atoms with E-state index in [1.165, 1.54) is 11.1 Å². The summed E-state index contributed by atoms with van der Waals surface area (Å²) < 4.78 is 19.0. The molecule has 0 aliphatic carbocycles. The molecular formula is C21H23N5O3. The molecule has 29 heavy (non-hydrogen) atoms. The summed E-state index contributed by atoms with van der Waals surface area (Å²) in [6, 6.07) is 8.17. The molecule has 3 heterocycles. The summed E-state index contributed by atoms with van der Waals surface area (Å²) in [4.78, 5) is 2.25. The monoisotopic (exact) mass is 393 g/mol. The minimum absolute atomic E-state index is 0.168. The summed E-state index contributed by atoms with van der Waals surface area (Å²) in [7, 11) is 3.75. The molecule has 150 valence electrons. The molecule has 0 saturated heterocycles. The van der Waals surface area contributed by atoms with Gasteiger partial charge in [-0.15, -0.1) is 5.10 Å². The predicted molar refractivity (Wildman–Crippen MR) is 106 cm³/mol. The molecule has 0 unspecified atom stereocenters. The van der Waals surface area contributed by atoms with Crippen LogP contribution < -0.4 is 14.2 Å². The molecule has 0 saturated carbocycles. The van der Waals surface area contributed by atoms with Gasteiger partial charge in [-0.2, -0.15) is 4.68 Å². The van der Waals surface area contributed by atoms with Gasteiger partial charge in [0, 0.05) is 12.1 Å². The number of benzene rings is 2. The highest BCUT2D eigenvalue weighted by atomic mass is 16.7. The molecule has 0 amide bonds. The van der Waals surface area contributed by atoms with Crippen LogP contribution in [0.1, 0.15) is 34.1 Å². The lowest BCUT2D eigenvalue weighted by Crippen LogP contribution is -2.35. The molecule has 8 heteroatoms. The number of rotatable bonds is 3. The summed E-state index contributed by atoms with van der Waals surface area (Å²) in [5.74, 6) is 2.83. The van der Waals surface area contributed by atoms with Crippen LogP contribution in [-0.4, -0.2) is 52.6 Å². The van der Waals surface area contributed by atoms with Crippen molar-refractivity contribution in [1.82, 2.24) is 25.1 Å². The smallest absolute Gasteiger partial charge is 0.231 e. The molecule has 2 aromatic carbocycles. The summed E-state index contributed by atoms with van der Waals surface area (Å²) in [5.41, 5.74) is 5.50. The number of hydrogen-bond acceptors (Lipinski definition) is 7. The molecular weight excluding hydrogens is 370 g/mol. The van der Waals surface area contributed by atoms with Gasteiger partial charge in [-0.25, -0.2) is 0 Å². The van der Waals surface area contributed by atoms with E-state index in [1.807, 2.05) is 4.68 Å². The molecule has 2 aliphatic heterocycles. The van der Waals surface area contributed by atoms with E-state index in [2.05, 4.69) is 65.6 Å². The Morgan fingerprint density at radius 1 is 1.17 bits per heavy atom. The van der Waals surface area contributed by atoms with Crippen LogP contribution in [0.4, 0.5) is 0 Å². The second-order valence-electron chi connectivity index (χ2n) is 7.59. The number of nitrogens with zero attached hydrogens (tertiary/aromatic N) is 5. The molecule has 0 radical (unpaired) electrons. The molecule has 1 atom stereocenters. The van der Waals surface area contributed by atoms with Gasteiger partial charge in [-0.3, -0.25) is 4.90 Å². The number of methoxy groups -OCH3 is 1. The van der Waals surface area contributed by atoms with Gasteiger partial charge in [0.1, 0.15) is 6.04 Å². The first-order chi connectivity index (χ1) is 14.1. The Hall–Kier alpha value is -3.13. The Morgan fingerprint density at radius 2 is 2.03 bits per heavy atom. The van der Waals surface area contributed by atoms with Gasteiger partial charge in [-0.1, -0.05) is 17.7 Å². The number of fused-ring (bicyclic) bond motifs is 2. The fraction of sp³-hybridized carbons (Fsp3) is 0.381. The summed E-state index contributed by atoms with van der Waals surface area (Å²) in [6.07, 6.45) is 0.889.